The van der Waals surface area contributed by atoms with Crippen molar-refractivity contribution in [3.05, 3.63) is 111 Å². The summed E-state index contributed by atoms with van der Waals surface area (Å²) in [6.07, 6.45) is 3.70. The van der Waals surface area contributed by atoms with Gasteiger partial charge in [0, 0.05) is 23.9 Å². The Morgan fingerprint density at radius 1 is 0.917 bits per heavy atom. The van der Waals surface area contributed by atoms with Gasteiger partial charge in [0.05, 0.1) is 28.5 Å². The molecule has 0 saturated carbocycles. The molecule has 8 heteroatoms. The predicted octanol–water partition coefficient (Wildman–Crippen LogP) is 4.30. The van der Waals surface area contributed by atoms with E-state index in [2.05, 4.69) is 0 Å². The molecule has 8 nitrogen and oxygen atoms in total. The van der Waals surface area contributed by atoms with E-state index >= 15 is 0 Å². The van der Waals surface area contributed by atoms with Crippen LogP contribution < -0.4 is 4.90 Å². The Hall–Kier alpha value is -4.59. The highest BCUT2D eigenvalue weighted by atomic mass is 16.6. The van der Waals surface area contributed by atoms with Crippen molar-refractivity contribution in [3.63, 3.8) is 0 Å². The molecule has 3 aromatic rings. The topological polar surface area (TPSA) is 101 Å². The number of anilines is 1. The second kappa shape index (κ2) is 7.98. The number of aryl methyl sites for hydroxylation is 1. The number of imide groups is 1. The van der Waals surface area contributed by atoms with E-state index in [9.17, 15) is 24.5 Å². The predicted molar refractivity (Wildman–Crippen MR) is 132 cm³/mol. The van der Waals surface area contributed by atoms with Crippen LogP contribution in [0.1, 0.15) is 33.1 Å². The number of rotatable bonds is 4. The molecule has 0 aliphatic carbocycles. The Bertz CT molecular complexity index is 1480. The van der Waals surface area contributed by atoms with Gasteiger partial charge in [0.25, 0.3) is 5.69 Å². The van der Waals surface area contributed by atoms with Crippen molar-refractivity contribution in [2.75, 3.05) is 4.90 Å². The molecule has 178 valence electrons. The van der Waals surface area contributed by atoms with Crippen LogP contribution >= 0.6 is 0 Å². The molecule has 36 heavy (non-hydrogen) atoms. The largest absolute Gasteiger partial charge is 0.358 e. The molecule has 6 rings (SSSR count). The second-order valence-corrected chi connectivity index (χ2v) is 9.30. The first-order valence-corrected chi connectivity index (χ1v) is 11.6. The molecule has 2 amide bonds. The SMILES string of the molecule is Cc1ccc([N+](=O)[O-])cc1N1C(=O)C2C(C1=O)C1c3ccccc3C=CN1C2C(=O)c1ccccc1. The first-order chi connectivity index (χ1) is 17.4. The molecule has 3 aromatic carbocycles. The van der Waals surface area contributed by atoms with E-state index < -0.39 is 40.7 Å². The van der Waals surface area contributed by atoms with Crippen molar-refractivity contribution in [2.24, 2.45) is 11.8 Å². The minimum absolute atomic E-state index is 0.186. The fourth-order valence-corrected chi connectivity index (χ4v) is 5.82. The maximum absolute atomic E-state index is 14.0. The van der Waals surface area contributed by atoms with Crippen molar-refractivity contribution >= 4 is 35.0 Å². The normalized spacial score (nSPS) is 23.9. The lowest BCUT2D eigenvalue weighted by Crippen LogP contribution is -2.44. The molecule has 0 N–H and O–H groups in total. The molecule has 3 aliphatic rings. The zero-order valence-electron chi connectivity index (χ0n) is 19.3. The molecule has 2 fully saturated rings. The first-order valence-electron chi connectivity index (χ1n) is 11.6. The highest BCUT2D eigenvalue weighted by molar-refractivity contribution is 6.25. The maximum atomic E-state index is 14.0. The smallest absolute Gasteiger partial charge is 0.271 e. The van der Waals surface area contributed by atoms with Crippen LogP contribution in [0.5, 0.6) is 0 Å². The standard InChI is InChI=1S/C28H21N3O5/c1-16-11-12-19(31(35)36)15-21(16)30-27(33)22-23(28(30)34)25(26(32)18-8-3-2-4-9-18)29-14-13-17-7-5-6-10-20(17)24(22)29/h2-15,22-25H,1H3. The molecule has 0 aromatic heterocycles. The van der Waals surface area contributed by atoms with Crippen LogP contribution in [0.15, 0.2) is 79.0 Å². The van der Waals surface area contributed by atoms with Gasteiger partial charge in [-0.15, -0.1) is 0 Å². The number of hydrogen-bond acceptors (Lipinski definition) is 6. The van der Waals surface area contributed by atoms with Gasteiger partial charge in [-0.3, -0.25) is 24.5 Å². The molecular weight excluding hydrogens is 458 g/mol. The molecule has 3 heterocycles. The zero-order chi connectivity index (χ0) is 25.1. The number of non-ortho nitro benzene ring substituents is 1. The highest BCUT2D eigenvalue weighted by Crippen LogP contribution is 2.54. The van der Waals surface area contributed by atoms with Crippen molar-refractivity contribution in [1.82, 2.24) is 4.90 Å². The van der Waals surface area contributed by atoms with Crippen molar-refractivity contribution in [1.29, 1.82) is 0 Å². The van der Waals surface area contributed by atoms with E-state index in [1.807, 2.05) is 41.3 Å². The van der Waals surface area contributed by atoms with Crippen LogP contribution in [-0.2, 0) is 9.59 Å². The molecule has 3 aliphatic heterocycles. The van der Waals surface area contributed by atoms with Gasteiger partial charge in [-0.1, -0.05) is 60.7 Å². The summed E-state index contributed by atoms with van der Waals surface area (Å²) >= 11 is 0. The van der Waals surface area contributed by atoms with Crippen molar-refractivity contribution in [3.8, 4) is 0 Å². The molecule has 4 unspecified atom stereocenters. The molecule has 0 radical (unpaired) electrons. The number of benzene rings is 3. The van der Waals surface area contributed by atoms with E-state index in [0.717, 1.165) is 16.0 Å². The van der Waals surface area contributed by atoms with E-state index in [4.69, 9.17) is 0 Å². The monoisotopic (exact) mass is 479 g/mol. The summed E-state index contributed by atoms with van der Waals surface area (Å²) in [5, 5.41) is 11.4. The quantitative estimate of drug-likeness (QED) is 0.239. The number of Topliss-reactive ketones (excluding diaryl/α,β-unsaturated/α-hetero) is 1. The Kier molecular flexibility index (Phi) is 4.86. The van der Waals surface area contributed by atoms with Crippen molar-refractivity contribution in [2.45, 2.75) is 19.0 Å². The van der Waals surface area contributed by atoms with Crippen LogP contribution in [-0.4, -0.2) is 33.5 Å². The molecule has 4 atom stereocenters. The number of ketones is 1. The second-order valence-electron chi connectivity index (χ2n) is 9.30. The molecule has 2 saturated heterocycles. The summed E-state index contributed by atoms with van der Waals surface area (Å²) in [7, 11) is 0. The van der Waals surface area contributed by atoms with Gasteiger partial charge >= 0.3 is 0 Å². The third kappa shape index (κ3) is 3.04. The van der Waals surface area contributed by atoms with Gasteiger partial charge in [-0.05, 0) is 29.7 Å². The van der Waals surface area contributed by atoms with E-state index in [1.165, 1.54) is 18.2 Å². The van der Waals surface area contributed by atoms with Crippen LogP contribution in [0.25, 0.3) is 6.08 Å². The maximum Gasteiger partial charge on any atom is 0.271 e. The molecule has 0 spiro atoms. The number of carbonyl (C=O) groups excluding carboxylic acids is 3. The van der Waals surface area contributed by atoms with Gasteiger partial charge in [-0.2, -0.15) is 0 Å². The van der Waals surface area contributed by atoms with Crippen LogP contribution in [0.4, 0.5) is 11.4 Å². The average molecular weight is 479 g/mol. The third-order valence-corrected chi connectivity index (χ3v) is 7.43. The summed E-state index contributed by atoms with van der Waals surface area (Å²) in [5.41, 5.74) is 2.80. The van der Waals surface area contributed by atoms with Crippen molar-refractivity contribution < 1.29 is 19.3 Å². The van der Waals surface area contributed by atoms with E-state index in [-0.39, 0.29) is 17.2 Å². The Morgan fingerprint density at radius 2 is 1.61 bits per heavy atom. The number of amides is 2. The van der Waals surface area contributed by atoms with E-state index in [1.54, 1.807) is 37.4 Å². The summed E-state index contributed by atoms with van der Waals surface area (Å²) in [4.78, 5) is 55.5. The summed E-state index contributed by atoms with van der Waals surface area (Å²) < 4.78 is 0. The lowest BCUT2D eigenvalue weighted by molar-refractivity contribution is -0.384. The van der Waals surface area contributed by atoms with Gasteiger partial charge < -0.3 is 4.90 Å². The van der Waals surface area contributed by atoms with E-state index in [0.29, 0.717) is 11.1 Å². The number of hydrogen-bond donors (Lipinski definition) is 0. The van der Waals surface area contributed by atoms with Gasteiger partial charge in [0.2, 0.25) is 11.8 Å². The number of fused-ring (bicyclic) bond motifs is 5. The number of nitro groups is 1. The highest BCUT2D eigenvalue weighted by Gasteiger charge is 2.64. The van der Waals surface area contributed by atoms with Gasteiger partial charge in [0.1, 0.15) is 6.04 Å². The Morgan fingerprint density at radius 3 is 2.36 bits per heavy atom. The van der Waals surface area contributed by atoms with Gasteiger partial charge in [0.15, 0.2) is 5.78 Å². The lowest BCUT2D eigenvalue weighted by Gasteiger charge is -2.35. The minimum atomic E-state index is -0.926. The molecular formula is C28H21N3O5. The first kappa shape index (κ1) is 21.9. The Labute approximate surface area is 206 Å². The minimum Gasteiger partial charge on any atom is -0.358 e. The fraction of sp³-hybridized carbons (Fsp3) is 0.179. The summed E-state index contributed by atoms with van der Waals surface area (Å²) in [5.74, 6) is -2.93. The van der Waals surface area contributed by atoms with Crippen LogP contribution in [0, 0.1) is 28.9 Å². The summed E-state index contributed by atoms with van der Waals surface area (Å²) in [6.45, 7) is 1.70. The lowest BCUT2D eigenvalue weighted by atomic mass is 9.83. The van der Waals surface area contributed by atoms with Crippen LogP contribution in [0.3, 0.4) is 0 Å². The fourth-order valence-electron chi connectivity index (χ4n) is 5.82. The zero-order valence-corrected chi connectivity index (χ0v) is 19.3. The average Bonchev–Trinajstić information content (AvgIpc) is 3.37. The van der Waals surface area contributed by atoms with Gasteiger partial charge in [-0.25, -0.2) is 4.90 Å². The van der Waals surface area contributed by atoms with Crippen LogP contribution in [0.2, 0.25) is 0 Å². The third-order valence-electron chi connectivity index (χ3n) is 7.43. The molecule has 0 bridgehead atoms. The number of nitro benzene ring substituents is 1. The Balaban J connectivity index is 1.51. The number of carbonyl (C=O) groups is 3. The number of nitrogens with zero attached hydrogens (tertiary/aromatic N) is 3. The summed E-state index contributed by atoms with van der Waals surface area (Å²) in [6, 6.07) is 19.1.